The number of aliphatic imine (C=N–C) groups is 1. The van der Waals surface area contributed by atoms with Crippen LogP contribution in [0.4, 0.5) is 0 Å². The first-order valence-corrected chi connectivity index (χ1v) is 10.7. The average molecular weight is 533 g/mol. The zero-order valence-corrected chi connectivity index (χ0v) is 20.1. The van der Waals surface area contributed by atoms with Gasteiger partial charge in [0.05, 0.1) is 33.0 Å². The molecule has 8 nitrogen and oxygen atoms in total. The third-order valence-corrected chi connectivity index (χ3v) is 5.22. The molecule has 3 N–H and O–H groups in total. The highest BCUT2D eigenvalue weighted by Crippen LogP contribution is 2.18. The van der Waals surface area contributed by atoms with Gasteiger partial charge in [0.1, 0.15) is 12.4 Å². The maximum atomic E-state index is 6.03. The standard InChI is InChI=1S/C21H35N5O3.HI/c22-21(23-6-3-7-25-8-13-27-14-9-25)24-18-19-4-1-2-5-20(19)29-17-12-26-10-15-28-16-11-26;/h1-2,4-5H,3,6-18H2,(H3,22,23,24);1H. The number of morpholine rings is 2. The molecule has 2 fully saturated rings. The Morgan fingerprint density at radius 1 is 1.00 bits per heavy atom. The fraction of sp³-hybridized carbons (Fsp3) is 0.667. The van der Waals surface area contributed by atoms with Crippen molar-refractivity contribution in [1.82, 2.24) is 15.1 Å². The number of para-hydroxylation sites is 1. The van der Waals surface area contributed by atoms with Crippen LogP contribution in [0, 0.1) is 0 Å². The maximum absolute atomic E-state index is 6.03. The topological polar surface area (TPSA) is 84.6 Å². The van der Waals surface area contributed by atoms with E-state index in [1.807, 2.05) is 24.3 Å². The summed E-state index contributed by atoms with van der Waals surface area (Å²) in [5.41, 5.74) is 7.08. The van der Waals surface area contributed by atoms with E-state index in [-0.39, 0.29) is 24.0 Å². The number of nitrogens with one attached hydrogen (secondary N) is 1. The quantitative estimate of drug-likeness (QED) is 0.202. The van der Waals surface area contributed by atoms with E-state index in [2.05, 4.69) is 20.1 Å². The molecule has 0 unspecified atom stereocenters. The normalized spacial score (nSPS) is 18.6. The zero-order valence-electron chi connectivity index (χ0n) is 17.8. The van der Waals surface area contributed by atoms with E-state index in [9.17, 15) is 0 Å². The molecule has 170 valence electrons. The smallest absolute Gasteiger partial charge is 0.188 e. The van der Waals surface area contributed by atoms with Crippen LogP contribution in [0.1, 0.15) is 12.0 Å². The number of ether oxygens (including phenoxy) is 3. The Morgan fingerprint density at radius 2 is 1.63 bits per heavy atom. The van der Waals surface area contributed by atoms with Gasteiger partial charge in [0.25, 0.3) is 0 Å². The molecule has 0 aromatic heterocycles. The molecule has 0 saturated carbocycles. The summed E-state index contributed by atoms with van der Waals surface area (Å²) in [7, 11) is 0. The Balaban J connectivity index is 0.00000320. The number of guanidine groups is 1. The van der Waals surface area contributed by atoms with E-state index in [0.717, 1.165) is 90.0 Å². The molecule has 2 saturated heterocycles. The molecule has 0 amide bonds. The van der Waals surface area contributed by atoms with Crippen molar-refractivity contribution in [3.63, 3.8) is 0 Å². The minimum atomic E-state index is 0. The monoisotopic (exact) mass is 533 g/mol. The Bertz CT molecular complexity index is 622. The van der Waals surface area contributed by atoms with Gasteiger partial charge in [0.15, 0.2) is 5.96 Å². The second-order valence-electron chi connectivity index (χ2n) is 7.35. The van der Waals surface area contributed by atoms with E-state index in [0.29, 0.717) is 19.1 Å². The summed E-state index contributed by atoms with van der Waals surface area (Å²) in [5.74, 6) is 1.36. The lowest BCUT2D eigenvalue weighted by Gasteiger charge is -2.26. The largest absolute Gasteiger partial charge is 0.492 e. The van der Waals surface area contributed by atoms with Gasteiger partial charge in [-0.2, -0.15) is 0 Å². The Hall–Kier alpha value is -1.14. The van der Waals surface area contributed by atoms with E-state index in [1.165, 1.54) is 0 Å². The number of benzene rings is 1. The molecular weight excluding hydrogens is 497 g/mol. The molecule has 1 aromatic rings. The summed E-state index contributed by atoms with van der Waals surface area (Å²) in [6.07, 6.45) is 1.04. The summed E-state index contributed by atoms with van der Waals surface area (Å²) in [6.45, 7) is 11.3. The zero-order chi connectivity index (χ0) is 20.2. The van der Waals surface area contributed by atoms with E-state index < -0.39 is 0 Å². The first-order chi connectivity index (χ1) is 14.3. The molecule has 9 heteroatoms. The second-order valence-corrected chi connectivity index (χ2v) is 7.35. The first-order valence-electron chi connectivity index (χ1n) is 10.7. The minimum Gasteiger partial charge on any atom is -0.492 e. The van der Waals surface area contributed by atoms with Crippen LogP contribution in [0.5, 0.6) is 5.75 Å². The van der Waals surface area contributed by atoms with Gasteiger partial charge < -0.3 is 25.3 Å². The highest BCUT2D eigenvalue weighted by atomic mass is 127. The fourth-order valence-electron chi connectivity index (χ4n) is 3.45. The van der Waals surface area contributed by atoms with E-state index >= 15 is 0 Å². The average Bonchev–Trinajstić information content (AvgIpc) is 2.77. The lowest BCUT2D eigenvalue weighted by molar-refractivity contribution is 0.0322. The van der Waals surface area contributed by atoms with Crippen LogP contribution >= 0.6 is 24.0 Å². The second kappa shape index (κ2) is 14.8. The van der Waals surface area contributed by atoms with Crippen LogP contribution in [0.3, 0.4) is 0 Å². The van der Waals surface area contributed by atoms with Crippen molar-refractivity contribution in [3.05, 3.63) is 29.8 Å². The molecule has 0 bridgehead atoms. The van der Waals surface area contributed by atoms with Crippen molar-refractivity contribution in [2.45, 2.75) is 13.0 Å². The predicted octanol–water partition coefficient (Wildman–Crippen LogP) is 1.14. The van der Waals surface area contributed by atoms with Gasteiger partial charge in [-0.05, 0) is 19.0 Å². The van der Waals surface area contributed by atoms with Gasteiger partial charge in [-0.25, -0.2) is 4.99 Å². The third-order valence-electron chi connectivity index (χ3n) is 5.22. The van der Waals surface area contributed by atoms with Crippen molar-refractivity contribution in [3.8, 4) is 5.75 Å². The van der Waals surface area contributed by atoms with Gasteiger partial charge in [-0.15, -0.1) is 24.0 Å². The molecule has 0 aliphatic carbocycles. The maximum Gasteiger partial charge on any atom is 0.188 e. The number of rotatable bonds is 10. The minimum absolute atomic E-state index is 0. The van der Waals surface area contributed by atoms with E-state index in [1.54, 1.807) is 0 Å². The molecule has 2 heterocycles. The SMILES string of the molecule is I.NC(=NCc1ccccc1OCCN1CCOCC1)NCCCN1CCOCC1. The van der Waals surface area contributed by atoms with Crippen LogP contribution in [0.25, 0.3) is 0 Å². The van der Waals surface area contributed by atoms with Crippen LogP contribution in [0.2, 0.25) is 0 Å². The van der Waals surface area contributed by atoms with Crippen LogP contribution in [-0.2, 0) is 16.0 Å². The first kappa shape index (κ1) is 25.1. The van der Waals surface area contributed by atoms with Gasteiger partial charge in [0, 0.05) is 44.8 Å². The number of hydrogen-bond donors (Lipinski definition) is 2. The summed E-state index contributed by atoms with van der Waals surface area (Å²) in [6, 6.07) is 8.03. The van der Waals surface area contributed by atoms with Crippen LogP contribution < -0.4 is 15.8 Å². The lowest BCUT2D eigenvalue weighted by Crippen LogP contribution is -2.39. The summed E-state index contributed by atoms with van der Waals surface area (Å²) < 4.78 is 16.8. The molecule has 1 aromatic carbocycles. The van der Waals surface area contributed by atoms with Gasteiger partial charge >= 0.3 is 0 Å². The molecular formula is C21H36IN5O3. The van der Waals surface area contributed by atoms with Gasteiger partial charge in [-0.3, -0.25) is 9.80 Å². The van der Waals surface area contributed by atoms with Crippen molar-refractivity contribution >= 4 is 29.9 Å². The summed E-state index contributed by atoms with van der Waals surface area (Å²) in [4.78, 5) is 9.26. The Kier molecular flexibility index (Phi) is 12.4. The Morgan fingerprint density at radius 3 is 2.33 bits per heavy atom. The molecule has 3 rings (SSSR count). The molecule has 2 aliphatic rings. The molecule has 0 atom stereocenters. The van der Waals surface area contributed by atoms with Crippen molar-refractivity contribution in [2.75, 3.05) is 78.8 Å². The predicted molar refractivity (Wildman–Crippen MR) is 130 cm³/mol. The third kappa shape index (κ3) is 9.34. The number of nitrogens with two attached hydrogens (primary N) is 1. The van der Waals surface area contributed by atoms with Crippen molar-refractivity contribution in [1.29, 1.82) is 0 Å². The lowest BCUT2D eigenvalue weighted by atomic mass is 10.2. The number of halogens is 1. The van der Waals surface area contributed by atoms with Crippen molar-refractivity contribution < 1.29 is 14.2 Å². The Labute approximate surface area is 197 Å². The van der Waals surface area contributed by atoms with Crippen LogP contribution in [0.15, 0.2) is 29.3 Å². The molecule has 0 spiro atoms. The van der Waals surface area contributed by atoms with Gasteiger partial charge in [0.2, 0.25) is 0 Å². The summed E-state index contributed by atoms with van der Waals surface area (Å²) in [5, 5.41) is 3.21. The fourth-order valence-corrected chi connectivity index (χ4v) is 3.45. The van der Waals surface area contributed by atoms with Crippen LogP contribution in [-0.4, -0.2) is 94.6 Å². The summed E-state index contributed by atoms with van der Waals surface area (Å²) >= 11 is 0. The van der Waals surface area contributed by atoms with Gasteiger partial charge in [-0.1, -0.05) is 18.2 Å². The highest BCUT2D eigenvalue weighted by Gasteiger charge is 2.11. The van der Waals surface area contributed by atoms with E-state index in [4.69, 9.17) is 19.9 Å². The number of nitrogens with zero attached hydrogens (tertiary/aromatic N) is 3. The van der Waals surface area contributed by atoms with Crippen molar-refractivity contribution in [2.24, 2.45) is 10.7 Å². The number of hydrogen-bond acceptors (Lipinski definition) is 6. The molecule has 0 radical (unpaired) electrons. The molecule has 2 aliphatic heterocycles. The molecule has 30 heavy (non-hydrogen) atoms. The highest BCUT2D eigenvalue weighted by molar-refractivity contribution is 14.0.